The molecule has 1 aromatic heterocycles. The largest absolute Gasteiger partial charge is 0.573 e. The van der Waals surface area contributed by atoms with Crippen LogP contribution in [0.2, 0.25) is 0 Å². The van der Waals surface area contributed by atoms with Crippen molar-refractivity contribution in [2.45, 2.75) is 6.36 Å². The van der Waals surface area contributed by atoms with E-state index in [4.69, 9.17) is 0 Å². The number of nitrogens with one attached hydrogen (secondary N) is 2. The molecule has 0 aliphatic heterocycles. The zero-order valence-electron chi connectivity index (χ0n) is 13.5. The molecule has 0 fully saturated rings. The summed E-state index contributed by atoms with van der Waals surface area (Å²) in [7, 11) is 0. The van der Waals surface area contributed by atoms with E-state index in [0.29, 0.717) is 5.69 Å². The van der Waals surface area contributed by atoms with Gasteiger partial charge in [-0.15, -0.1) is 13.2 Å². The van der Waals surface area contributed by atoms with Crippen LogP contribution in [-0.4, -0.2) is 21.4 Å². The first-order valence-corrected chi connectivity index (χ1v) is 7.50. The highest BCUT2D eigenvalue weighted by molar-refractivity contribution is 5.61. The quantitative estimate of drug-likeness (QED) is 0.557. The van der Waals surface area contributed by atoms with Crippen LogP contribution in [0.15, 0.2) is 54.7 Å². The number of ether oxygens (including phenoxy) is 1. The van der Waals surface area contributed by atoms with Crippen LogP contribution in [0.5, 0.6) is 11.5 Å². The van der Waals surface area contributed by atoms with E-state index < -0.39 is 17.9 Å². The lowest BCUT2D eigenvalue weighted by Gasteiger charge is -2.12. The van der Waals surface area contributed by atoms with Crippen molar-refractivity contribution in [3.8, 4) is 11.5 Å². The summed E-state index contributed by atoms with van der Waals surface area (Å²) < 4.78 is 54.7. The summed E-state index contributed by atoms with van der Waals surface area (Å²) in [6.07, 6.45) is -3.94. The summed E-state index contributed by atoms with van der Waals surface area (Å²) in [5, 5.41) is 14.8. The van der Waals surface area contributed by atoms with Crippen molar-refractivity contribution in [3.05, 3.63) is 60.5 Å². The Kier molecular flexibility index (Phi) is 4.97. The third-order valence-electron chi connectivity index (χ3n) is 3.18. The summed E-state index contributed by atoms with van der Waals surface area (Å²) in [5.41, 5.74) is 0.603. The Balaban J connectivity index is 1.80. The lowest BCUT2D eigenvalue weighted by Crippen LogP contribution is -2.17. The minimum atomic E-state index is -4.84. The van der Waals surface area contributed by atoms with E-state index in [-0.39, 0.29) is 23.2 Å². The number of anilines is 4. The van der Waals surface area contributed by atoms with E-state index in [0.717, 1.165) is 18.3 Å². The number of alkyl halides is 3. The molecule has 0 saturated heterocycles. The van der Waals surface area contributed by atoms with Crippen molar-refractivity contribution in [2.24, 2.45) is 0 Å². The molecule has 0 amide bonds. The summed E-state index contributed by atoms with van der Waals surface area (Å²) >= 11 is 0. The van der Waals surface area contributed by atoms with Gasteiger partial charge in [-0.25, -0.2) is 9.37 Å². The molecular weight excluding hydrogens is 368 g/mol. The Morgan fingerprint density at radius 2 is 1.67 bits per heavy atom. The van der Waals surface area contributed by atoms with Crippen molar-refractivity contribution >= 4 is 23.1 Å². The topological polar surface area (TPSA) is 79.3 Å². The highest BCUT2D eigenvalue weighted by Gasteiger charge is 2.31. The minimum Gasteiger partial charge on any atom is -0.508 e. The van der Waals surface area contributed by atoms with Crippen molar-refractivity contribution in [1.82, 2.24) is 9.97 Å². The van der Waals surface area contributed by atoms with Crippen molar-refractivity contribution in [2.75, 3.05) is 10.6 Å². The van der Waals surface area contributed by atoms with Gasteiger partial charge in [-0.05, 0) is 24.3 Å². The summed E-state index contributed by atoms with van der Waals surface area (Å²) in [6.45, 7) is 0. The average molecular weight is 380 g/mol. The van der Waals surface area contributed by atoms with Gasteiger partial charge < -0.3 is 20.5 Å². The van der Waals surface area contributed by atoms with E-state index in [1.54, 1.807) is 12.1 Å². The van der Waals surface area contributed by atoms with Crippen LogP contribution in [0.1, 0.15) is 0 Å². The first-order chi connectivity index (χ1) is 12.8. The normalized spacial score (nSPS) is 11.1. The van der Waals surface area contributed by atoms with Crippen LogP contribution in [0.4, 0.5) is 40.7 Å². The molecule has 3 aromatic rings. The van der Waals surface area contributed by atoms with Gasteiger partial charge in [0.1, 0.15) is 11.5 Å². The smallest absolute Gasteiger partial charge is 0.508 e. The van der Waals surface area contributed by atoms with Crippen LogP contribution in [0.3, 0.4) is 0 Å². The fourth-order valence-corrected chi connectivity index (χ4v) is 2.14. The Bertz CT molecular complexity index is 950. The van der Waals surface area contributed by atoms with E-state index in [1.807, 2.05) is 0 Å². The zero-order valence-corrected chi connectivity index (χ0v) is 13.5. The van der Waals surface area contributed by atoms with Crippen LogP contribution in [-0.2, 0) is 0 Å². The van der Waals surface area contributed by atoms with Crippen molar-refractivity contribution < 1.29 is 27.4 Å². The SMILES string of the molecule is Oc1cccc(Nc2ncc(F)c(Nc3cccc(OC(F)(F)F)c3)n2)c1. The number of aromatic nitrogens is 2. The summed E-state index contributed by atoms with van der Waals surface area (Å²) in [4.78, 5) is 7.72. The van der Waals surface area contributed by atoms with Gasteiger partial charge >= 0.3 is 6.36 Å². The Morgan fingerprint density at radius 1 is 0.963 bits per heavy atom. The third-order valence-corrected chi connectivity index (χ3v) is 3.18. The van der Waals surface area contributed by atoms with Crippen molar-refractivity contribution in [3.63, 3.8) is 0 Å². The molecule has 27 heavy (non-hydrogen) atoms. The van der Waals surface area contributed by atoms with Crippen molar-refractivity contribution in [1.29, 1.82) is 0 Å². The van der Waals surface area contributed by atoms with E-state index in [2.05, 4.69) is 25.3 Å². The van der Waals surface area contributed by atoms with E-state index in [9.17, 15) is 22.7 Å². The van der Waals surface area contributed by atoms with Gasteiger partial charge in [0.05, 0.1) is 6.20 Å². The molecule has 0 aliphatic rings. The highest BCUT2D eigenvalue weighted by atomic mass is 19.4. The summed E-state index contributed by atoms with van der Waals surface area (Å²) in [6, 6.07) is 11.0. The van der Waals surface area contributed by atoms with Crippen LogP contribution in [0.25, 0.3) is 0 Å². The molecule has 0 unspecified atom stereocenters. The minimum absolute atomic E-state index is 0.0157. The molecule has 10 heteroatoms. The number of benzene rings is 2. The summed E-state index contributed by atoms with van der Waals surface area (Å²) in [5.74, 6) is -1.48. The van der Waals surface area contributed by atoms with Gasteiger partial charge in [0, 0.05) is 23.5 Å². The van der Waals surface area contributed by atoms with Gasteiger partial charge in [0.15, 0.2) is 11.6 Å². The second kappa shape index (κ2) is 7.36. The highest BCUT2D eigenvalue weighted by Crippen LogP contribution is 2.27. The lowest BCUT2D eigenvalue weighted by atomic mass is 10.3. The first-order valence-electron chi connectivity index (χ1n) is 7.50. The molecule has 0 radical (unpaired) electrons. The number of nitrogens with zero attached hydrogens (tertiary/aromatic N) is 2. The molecule has 0 spiro atoms. The molecule has 1 heterocycles. The molecule has 140 valence electrons. The first kappa shape index (κ1) is 18.2. The van der Waals surface area contributed by atoms with Crippen LogP contribution >= 0.6 is 0 Å². The van der Waals surface area contributed by atoms with Crippen LogP contribution in [0, 0.1) is 5.82 Å². The lowest BCUT2D eigenvalue weighted by molar-refractivity contribution is -0.274. The predicted molar refractivity (Wildman–Crippen MR) is 89.8 cm³/mol. The fraction of sp³-hybridized carbons (Fsp3) is 0.0588. The number of phenolic OH excluding ortho intramolecular Hbond substituents is 1. The average Bonchev–Trinajstić information content (AvgIpc) is 2.57. The van der Waals surface area contributed by atoms with Crippen LogP contribution < -0.4 is 15.4 Å². The molecule has 0 aliphatic carbocycles. The van der Waals surface area contributed by atoms with Gasteiger partial charge in [0.25, 0.3) is 0 Å². The van der Waals surface area contributed by atoms with E-state index >= 15 is 0 Å². The molecule has 3 rings (SSSR count). The van der Waals surface area contributed by atoms with Gasteiger partial charge in [-0.2, -0.15) is 4.98 Å². The second-order valence-electron chi connectivity index (χ2n) is 5.27. The van der Waals surface area contributed by atoms with Gasteiger partial charge in [-0.3, -0.25) is 0 Å². The number of halogens is 4. The second-order valence-corrected chi connectivity index (χ2v) is 5.27. The Labute approximate surface area is 150 Å². The number of aromatic hydroxyl groups is 1. The maximum atomic E-state index is 14.0. The molecule has 2 aromatic carbocycles. The number of rotatable bonds is 5. The molecule has 0 atom stereocenters. The monoisotopic (exact) mass is 380 g/mol. The van der Waals surface area contributed by atoms with Gasteiger partial charge in [0.2, 0.25) is 5.95 Å². The van der Waals surface area contributed by atoms with Gasteiger partial charge in [-0.1, -0.05) is 12.1 Å². The molecule has 6 nitrogen and oxygen atoms in total. The maximum Gasteiger partial charge on any atom is 0.573 e. The third kappa shape index (κ3) is 5.21. The number of hydrogen-bond acceptors (Lipinski definition) is 6. The molecule has 0 saturated carbocycles. The standard InChI is InChI=1S/C17H12F4N4O2/c18-14-9-22-16(24-10-3-1-5-12(26)7-10)25-15(14)23-11-4-2-6-13(8-11)27-17(19,20)21/h1-9,26H,(H2,22,23,24,25). The molecular formula is C17H12F4N4O2. The molecule has 3 N–H and O–H groups in total. The fourth-order valence-electron chi connectivity index (χ4n) is 2.14. The van der Waals surface area contributed by atoms with E-state index in [1.165, 1.54) is 24.3 Å². The Morgan fingerprint density at radius 3 is 2.37 bits per heavy atom. The number of phenols is 1. The predicted octanol–water partition coefficient (Wildman–Crippen LogP) is 4.71. The zero-order chi connectivity index (χ0) is 19.4. The Hall–Kier alpha value is -3.56. The number of hydrogen-bond donors (Lipinski definition) is 3. The maximum absolute atomic E-state index is 14.0. The molecule has 0 bridgehead atoms.